The van der Waals surface area contributed by atoms with E-state index in [-0.39, 0.29) is 0 Å². The summed E-state index contributed by atoms with van der Waals surface area (Å²) in [6, 6.07) is 78.0. The molecule has 0 bridgehead atoms. The van der Waals surface area contributed by atoms with Gasteiger partial charge in [-0.05, 0) is 76.9 Å². The molecule has 2 aromatic heterocycles. The zero-order valence-corrected chi connectivity index (χ0v) is 31.1. The number of fused-ring (bicyclic) bond motifs is 6. The summed E-state index contributed by atoms with van der Waals surface area (Å²) in [7, 11) is 0. The molecule has 0 amide bonds. The Labute approximate surface area is 330 Å². The zero-order valence-electron chi connectivity index (χ0n) is 31.1. The molecule has 57 heavy (non-hydrogen) atoms. The third kappa shape index (κ3) is 5.51. The topological polar surface area (TPSA) is 21.3 Å². The first-order valence-electron chi connectivity index (χ1n) is 19.4. The van der Waals surface area contributed by atoms with Crippen LogP contribution in [0.15, 0.2) is 223 Å². The highest BCUT2D eigenvalue weighted by molar-refractivity contribution is 6.28. The van der Waals surface area contributed by atoms with E-state index in [1.54, 1.807) is 0 Å². The molecule has 2 heterocycles. The van der Waals surface area contributed by atoms with Gasteiger partial charge in [-0.1, -0.05) is 158 Å². The molecular weight excluding hydrogens is 693 g/mol. The molecule has 9 aromatic carbocycles. The van der Waals surface area contributed by atoms with Gasteiger partial charge in [0.15, 0.2) is 0 Å². The van der Waals surface area contributed by atoms with Crippen LogP contribution in [-0.2, 0) is 0 Å². The van der Waals surface area contributed by atoms with Crippen molar-refractivity contribution in [3.05, 3.63) is 218 Å². The number of hydrogen-bond donors (Lipinski definition) is 0. The van der Waals surface area contributed by atoms with E-state index in [9.17, 15) is 0 Å². The van der Waals surface area contributed by atoms with Gasteiger partial charge in [0.1, 0.15) is 11.2 Å². The molecule has 0 saturated carbocycles. The minimum Gasteiger partial charge on any atom is -0.456 e. The Bertz CT molecular complexity index is 3160. The summed E-state index contributed by atoms with van der Waals surface area (Å²) in [6.45, 7) is 0. The van der Waals surface area contributed by atoms with Crippen molar-refractivity contribution in [3.63, 3.8) is 0 Å². The summed E-state index contributed by atoms with van der Waals surface area (Å²) >= 11 is 0. The number of rotatable bonds is 7. The molecule has 0 radical (unpaired) electrons. The van der Waals surface area contributed by atoms with Gasteiger partial charge in [0, 0.05) is 61.5 Å². The van der Waals surface area contributed by atoms with Crippen LogP contribution in [0.5, 0.6) is 0 Å². The predicted octanol–water partition coefficient (Wildman–Crippen LogP) is 15.2. The fourth-order valence-corrected chi connectivity index (χ4v) is 8.67. The van der Waals surface area contributed by atoms with Gasteiger partial charge in [-0.3, -0.25) is 0 Å². The van der Waals surface area contributed by atoms with Crippen LogP contribution in [0, 0.1) is 0 Å². The molecule has 3 heteroatoms. The lowest BCUT2D eigenvalue weighted by Crippen LogP contribution is -2.09. The van der Waals surface area contributed by atoms with Gasteiger partial charge >= 0.3 is 0 Å². The maximum atomic E-state index is 6.71. The lowest BCUT2D eigenvalue weighted by molar-refractivity contribution is 0.669. The number of aromatic nitrogens is 1. The lowest BCUT2D eigenvalue weighted by Gasteiger charge is -2.26. The largest absolute Gasteiger partial charge is 0.456 e. The first-order chi connectivity index (χ1) is 28.3. The quantitative estimate of drug-likeness (QED) is 0.163. The van der Waals surface area contributed by atoms with Crippen molar-refractivity contribution < 1.29 is 4.42 Å². The van der Waals surface area contributed by atoms with Crippen molar-refractivity contribution in [1.29, 1.82) is 0 Å². The van der Waals surface area contributed by atoms with Crippen LogP contribution in [0.1, 0.15) is 0 Å². The average Bonchev–Trinajstić information content (AvgIpc) is 3.83. The minimum absolute atomic E-state index is 0.873. The highest BCUT2D eigenvalue weighted by Gasteiger charge is 2.25. The predicted molar refractivity (Wildman–Crippen MR) is 239 cm³/mol. The second-order valence-corrected chi connectivity index (χ2v) is 14.5. The first kappa shape index (κ1) is 32.8. The van der Waals surface area contributed by atoms with Gasteiger partial charge in [0.05, 0.1) is 11.0 Å². The Morgan fingerprint density at radius 1 is 0.368 bits per heavy atom. The van der Waals surface area contributed by atoms with E-state index in [1.807, 2.05) is 6.07 Å². The van der Waals surface area contributed by atoms with Crippen LogP contribution in [0.2, 0.25) is 0 Å². The van der Waals surface area contributed by atoms with Gasteiger partial charge < -0.3 is 13.9 Å². The molecule has 0 fully saturated rings. The molecule has 0 saturated heterocycles. The lowest BCUT2D eigenvalue weighted by atomic mass is 9.93. The van der Waals surface area contributed by atoms with E-state index >= 15 is 0 Å². The molecule has 268 valence electrons. The number of furan rings is 1. The van der Waals surface area contributed by atoms with Gasteiger partial charge in [-0.2, -0.15) is 0 Å². The summed E-state index contributed by atoms with van der Waals surface area (Å²) in [5.41, 5.74) is 15.4. The Morgan fingerprint density at radius 3 is 1.61 bits per heavy atom. The van der Waals surface area contributed by atoms with Gasteiger partial charge in [0.25, 0.3) is 0 Å². The summed E-state index contributed by atoms with van der Waals surface area (Å²) in [4.78, 5) is 2.33. The van der Waals surface area contributed by atoms with Gasteiger partial charge in [-0.15, -0.1) is 0 Å². The SMILES string of the molecule is c1ccc(-c2ccc(-n3c4cc5oc6ccccc6c5c(-c5ccccc5)c4c4cccc(-c5cccc(N(c6ccccc6)c6ccccc6)c5)c43)cc2)cc1. The van der Waals surface area contributed by atoms with E-state index < -0.39 is 0 Å². The summed E-state index contributed by atoms with van der Waals surface area (Å²) < 4.78 is 9.16. The monoisotopic (exact) mass is 728 g/mol. The van der Waals surface area contributed by atoms with Gasteiger partial charge in [-0.25, -0.2) is 0 Å². The zero-order chi connectivity index (χ0) is 37.7. The van der Waals surface area contributed by atoms with Gasteiger partial charge in [0.2, 0.25) is 0 Å². The van der Waals surface area contributed by atoms with Crippen LogP contribution >= 0.6 is 0 Å². The standard InChI is InChI=1S/C54H36N2O/c1-5-17-37(18-6-1)38-31-33-43(34-32-38)56-48-36-50-53(46-27-13-14-30-49(46)57-50)51(39-19-7-2-8-20-39)52(48)47-29-16-28-45(54(47)56)40-21-15-26-44(35-40)55(41-22-9-3-10-23-41)42-24-11-4-12-25-42/h1-36H. The van der Waals surface area contributed by atoms with Crippen molar-refractivity contribution in [3.8, 4) is 39.1 Å². The van der Waals surface area contributed by atoms with Crippen molar-refractivity contribution >= 4 is 60.8 Å². The van der Waals surface area contributed by atoms with E-state index in [0.717, 1.165) is 72.4 Å². The number of para-hydroxylation sites is 4. The van der Waals surface area contributed by atoms with E-state index in [1.165, 1.54) is 27.5 Å². The molecule has 0 unspecified atom stereocenters. The van der Waals surface area contributed by atoms with E-state index in [4.69, 9.17) is 4.42 Å². The Kier molecular flexibility index (Phi) is 7.82. The number of hydrogen-bond acceptors (Lipinski definition) is 2. The Balaban J connectivity index is 1.23. The molecule has 0 spiro atoms. The molecule has 11 rings (SSSR count). The van der Waals surface area contributed by atoms with Crippen LogP contribution in [0.4, 0.5) is 17.1 Å². The molecule has 0 aliphatic heterocycles. The normalized spacial score (nSPS) is 11.5. The summed E-state index contributed by atoms with van der Waals surface area (Å²) in [5, 5.41) is 4.65. The number of nitrogens with zero attached hydrogens (tertiary/aromatic N) is 2. The highest BCUT2D eigenvalue weighted by Crippen LogP contribution is 2.48. The van der Waals surface area contributed by atoms with Crippen molar-refractivity contribution in [1.82, 2.24) is 4.57 Å². The molecule has 0 atom stereocenters. The minimum atomic E-state index is 0.873. The smallest absolute Gasteiger partial charge is 0.138 e. The maximum absolute atomic E-state index is 6.71. The summed E-state index contributed by atoms with van der Waals surface area (Å²) in [6.07, 6.45) is 0. The summed E-state index contributed by atoms with van der Waals surface area (Å²) in [5.74, 6) is 0. The Hall–Kier alpha value is -7.62. The molecular formula is C54H36N2O. The van der Waals surface area contributed by atoms with Crippen LogP contribution in [0.25, 0.3) is 82.8 Å². The van der Waals surface area contributed by atoms with E-state index in [0.29, 0.717) is 0 Å². The third-order valence-corrected chi connectivity index (χ3v) is 11.2. The van der Waals surface area contributed by atoms with Crippen LogP contribution in [0.3, 0.4) is 0 Å². The highest BCUT2D eigenvalue weighted by atomic mass is 16.3. The van der Waals surface area contributed by atoms with Crippen LogP contribution < -0.4 is 4.90 Å². The third-order valence-electron chi connectivity index (χ3n) is 11.2. The van der Waals surface area contributed by atoms with Crippen molar-refractivity contribution in [2.75, 3.05) is 4.90 Å². The number of benzene rings is 9. The molecule has 3 nitrogen and oxygen atoms in total. The number of anilines is 3. The maximum Gasteiger partial charge on any atom is 0.138 e. The molecule has 11 aromatic rings. The first-order valence-corrected chi connectivity index (χ1v) is 19.4. The van der Waals surface area contributed by atoms with Crippen LogP contribution in [-0.4, -0.2) is 4.57 Å². The Morgan fingerprint density at radius 2 is 0.912 bits per heavy atom. The molecule has 0 aliphatic rings. The molecule has 0 N–H and O–H groups in total. The van der Waals surface area contributed by atoms with Crippen molar-refractivity contribution in [2.45, 2.75) is 0 Å². The van der Waals surface area contributed by atoms with Crippen molar-refractivity contribution in [2.24, 2.45) is 0 Å². The van der Waals surface area contributed by atoms with E-state index in [2.05, 4.69) is 222 Å². The average molecular weight is 729 g/mol. The second-order valence-electron chi connectivity index (χ2n) is 14.5. The fraction of sp³-hybridized carbons (Fsp3) is 0. The second kappa shape index (κ2) is 13.6. The fourth-order valence-electron chi connectivity index (χ4n) is 8.67. The molecule has 0 aliphatic carbocycles.